The highest BCUT2D eigenvalue weighted by Crippen LogP contribution is 2.46. The van der Waals surface area contributed by atoms with Crippen LogP contribution >= 0.6 is 11.8 Å². The summed E-state index contributed by atoms with van der Waals surface area (Å²) in [6.07, 6.45) is -0.844. The summed E-state index contributed by atoms with van der Waals surface area (Å²) in [4.78, 5) is 14.5. The maximum absolute atomic E-state index is 13.3. The minimum Gasteiger partial charge on any atom is -0.508 e. The Morgan fingerprint density at radius 2 is 1.47 bits per heavy atom. The van der Waals surface area contributed by atoms with Crippen molar-refractivity contribution in [2.45, 2.75) is 17.4 Å². The molecule has 30 heavy (non-hydrogen) atoms. The topological polar surface area (TPSA) is 60.8 Å². The molecule has 1 saturated heterocycles. The number of aliphatic hydroxyl groups is 1. The van der Waals surface area contributed by atoms with E-state index in [4.69, 9.17) is 0 Å². The van der Waals surface area contributed by atoms with Crippen LogP contribution in [0.4, 0.5) is 14.5 Å². The molecule has 0 bridgehead atoms. The summed E-state index contributed by atoms with van der Waals surface area (Å²) in [5.74, 6) is -0.533. The van der Waals surface area contributed by atoms with E-state index in [9.17, 15) is 23.8 Å². The van der Waals surface area contributed by atoms with Crippen molar-refractivity contribution in [3.63, 3.8) is 0 Å². The van der Waals surface area contributed by atoms with Crippen LogP contribution in [0.25, 0.3) is 0 Å². The van der Waals surface area contributed by atoms with E-state index in [2.05, 4.69) is 0 Å². The van der Waals surface area contributed by atoms with E-state index in [1.54, 1.807) is 41.3 Å². The standard InChI is InChI=1S/C23H19F2NO3S/c24-16-5-1-14(2-6-16)20(28)13-30-22-21(15-3-11-19(27)12-4-15)26(23(22)29)18-9-7-17(25)8-10-18/h1-12,20-22,27-28H,13H2/t20?,21-,22-/m1/s1. The molecule has 0 saturated carbocycles. The number of hydrogen-bond donors (Lipinski definition) is 2. The van der Waals surface area contributed by atoms with Crippen molar-refractivity contribution in [2.75, 3.05) is 10.7 Å². The Hall–Kier alpha value is -2.90. The highest BCUT2D eigenvalue weighted by Gasteiger charge is 2.49. The number of amides is 1. The van der Waals surface area contributed by atoms with Crippen molar-refractivity contribution >= 4 is 23.4 Å². The van der Waals surface area contributed by atoms with E-state index < -0.39 is 11.4 Å². The van der Waals surface area contributed by atoms with Gasteiger partial charge in [0.25, 0.3) is 0 Å². The van der Waals surface area contributed by atoms with Gasteiger partial charge in [0.2, 0.25) is 5.91 Å². The largest absolute Gasteiger partial charge is 0.508 e. The number of aliphatic hydroxyl groups excluding tert-OH is 1. The van der Waals surface area contributed by atoms with Crippen LogP contribution in [0.2, 0.25) is 0 Å². The molecule has 1 fully saturated rings. The van der Waals surface area contributed by atoms with Gasteiger partial charge >= 0.3 is 0 Å². The number of aromatic hydroxyl groups is 1. The van der Waals surface area contributed by atoms with Gasteiger partial charge in [-0.2, -0.15) is 0 Å². The number of nitrogens with zero attached hydrogens (tertiary/aromatic N) is 1. The highest BCUT2D eigenvalue weighted by atomic mass is 32.2. The molecule has 154 valence electrons. The van der Waals surface area contributed by atoms with Gasteiger partial charge in [0.1, 0.15) is 22.6 Å². The number of benzene rings is 3. The summed E-state index contributed by atoms with van der Waals surface area (Å²) >= 11 is 1.32. The quantitative estimate of drug-likeness (QED) is 0.565. The molecule has 1 aliphatic rings. The average molecular weight is 427 g/mol. The first-order chi connectivity index (χ1) is 14.4. The molecule has 4 nitrogen and oxygen atoms in total. The number of carbonyl (C=O) groups is 1. The fourth-order valence-electron chi connectivity index (χ4n) is 3.49. The molecule has 1 heterocycles. The number of anilines is 1. The second kappa shape index (κ2) is 8.45. The predicted molar refractivity (Wildman–Crippen MR) is 112 cm³/mol. The molecule has 4 rings (SSSR count). The van der Waals surface area contributed by atoms with Gasteiger partial charge in [0.15, 0.2) is 0 Å². The number of carbonyl (C=O) groups excluding carboxylic acids is 1. The number of β-lactam (4-membered cyclic amide) rings is 1. The minimum atomic E-state index is -0.844. The molecule has 0 aliphatic carbocycles. The zero-order valence-corrected chi connectivity index (χ0v) is 16.6. The van der Waals surface area contributed by atoms with E-state index in [0.717, 1.165) is 5.56 Å². The first-order valence-electron chi connectivity index (χ1n) is 9.37. The Balaban J connectivity index is 1.55. The Morgan fingerprint density at radius 1 is 0.900 bits per heavy atom. The first kappa shape index (κ1) is 20.4. The van der Waals surface area contributed by atoms with E-state index in [-0.39, 0.29) is 35.1 Å². The SMILES string of the molecule is O=C1[C@H](SCC(O)c2ccc(F)cc2)[C@@H](c2ccc(O)cc2)N1c1ccc(F)cc1. The third kappa shape index (κ3) is 4.04. The molecule has 0 spiro atoms. The summed E-state index contributed by atoms with van der Waals surface area (Å²) in [5, 5.41) is 19.6. The highest BCUT2D eigenvalue weighted by molar-refractivity contribution is 8.00. The second-order valence-corrected chi connectivity index (χ2v) is 8.22. The predicted octanol–water partition coefficient (Wildman–Crippen LogP) is 4.59. The monoisotopic (exact) mass is 427 g/mol. The van der Waals surface area contributed by atoms with Crippen LogP contribution in [0.3, 0.4) is 0 Å². The Kier molecular flexibility index (Phi) is 5.74. The van der Waals surface area contributed by atoms with Gasteiger partial charge in [-0.25, -0.2) is 8.78 Å². The summed E-state index contributed by atoms with van der Waals surface area (Å²) in [6.45, 7) is 0. The van der Waals surface area contributed by atoms with Crippen molar-refractivity contribution in [3.05, 3.63) is 95.6 Å². The summed E-state index contributed by atoms with van der Waals surface area (Å²) in [5.41, 5.74) is 1.98. The van der Waals surface area contributed by atoms with Crippen molar-refractivity contribution < 1.29 is 23.8 Å². The zero-order chi connectivity index (χ0) is 21.3. The van der Waals surface area contributed by atoms with Gasteiger partial charge in [-0.15, -0.1) is 11.8 Å². The number of hydrogen-bond acceptors (Lipinski definition) is 4. The van der Waals surface area contributed by atoms with Crippen LogP contribution in [0.1, 0.15) is 23.3 Å². The molecular formula is C23H19F2NO3S. The number of rotatable bonds is 6. The molecule has 0 aromatic heterocycles. The Bertz CT molecular complexity index is 1030. The van der Waals surface area contributed by atoms with E-state index in [1.165, 1.54) is 48.2 Å². The first-order valence-corrected chi connectivity index (χ1v) is 10.4. The van der Waals surface area contributed by atoms with Crippen LogP contribution in [0.5, 0.6) is 5.75 Å². The smallest absolute Gasteiger partial charge is 0.243 e. The fraction of sp³-hybridized carbons (Fsp3) is 0.174. The van der Waals surface area contributed by atoms with Crippen LogP contribution < -0.4 is 4.90 Å². The lowest BCUT2D eigenvalue weighted by molar-refractivity contribution is -0.123. The molecule has 3 aromatic carbocycles. The van der Waals surface area contributed by atoms with Crippen molar-refractivity contribution in [1.82, 2.24) is 0 Å². The van der Waals surface area contributed by atoms with Crippen LogP contribution in [-0.2, 0) is 4.79 Å². The average Bonchev–Trinajstić information content (AvgIpc) is 2.74. The third-order valence-electron chi connectivity index (χ3n) is 5.07. The number of thioether (sulfide) groups is 1. The van der Waals surface area contributed by atoms with Gasteiger partial charge in [-0.05, 0) is 59.7 Å². The molecule has 0 radical (unpaired) electrons. The summed E-state index contributed by atoms with van der Waals surface area (Å²) in [6, 6.07) is 17.6. The van der Waals surface area contributed by atoms with Gasteiger partial charge in [0, 0.05) is 11.4 Å². The van der Waals surface area contributed by atoms with Gasteiger partial charge in [0.05, 0.1) is 12.1 Å². The maximum Gasteiger partial charge on any atom is 0.243 e. The molecule has 1 unspecified atom stereocenters. The zero-order valence-electron chi connectivity index (χ0n) is 15.8. The molecular weight excluding hydrogens is 408 g/mol. The van der Waals surface area contributed by atoms with Crippen molar-refractivity contribution in [1.29, 1.82) is 0 Å². The summed E-state index contributed by atoms with van der Waals surface area (Å²) in [7, 11) is 0. The molecule has 1 aliphatic heterocycles. The van der Waals surface area contributed by atoms with Gasteiger partial charge in [-0.1, -0.05) is 24.3 Å². The Labute approximate surface area is 176 Å². The number of phenolic OH excluding ortho intramolecular Hbond substituents is 1. The normalized spacial score (nSPS) is 19.4. The second-order valence-electron chi connectivity index (χ2n) is 7.04. The molecule has 7 heteroatoms. The molecule has 2 N–H and O–H groups in total. The van der Waals surface area contributed by atoms with Crippen LogP contribution in [0, 0.1) is 11.6 Å². The van der Waals surface area contributed by atoms with E-state index >= 15 is 0 Å². The number of halogens is 2. The van der Waals surface area contributed by atoms with Crippen molar-refractivity contribution in [2.24, 2.45) is 0 Å². The number of phenols is 1. The molecule has 3 atom stereocenters. The van der Waals surface area contributed by atoms with Crippen molar-refractivity contribution in [3.8, 4) is 5.75 Å². The minimum absolute atomic E-state index is 0.119. The molecule has 1 amide bonds. The summed E-state index contributed by atoms with van der Waals surface area (Å²) < 4.78 is 26.4. The van der Waals surface area contributed by atoms with E-state index in [1.807, 2.05) is 0 Å². The van der Waals surface area contributed by atoms with Crippen LogP contribution in [-0.4, -0.2) is 27.1 Å². The molecule has 3 aromatic rings. The Morgan fingerprint density at radius 3 is 2.07 bits per heavy atom. The maximum atomic E-state index is 13.3. The fourth-order valence-corrected chi connectivity index (χ4v) is 4.79. The van der Waals surface area contributed by atoms with E-state index in [0.29, 0.717) is 11.3 Å². The van der Waals surface area contributed by atoms with Gasteiger partial charge in [-0.3, -0.25) is 4.79 Å². The van der Waals surface area contributed by atoms with Gasteiger partial charge < -0.3 is 15.1 Å². The lowest BCUT2D eigenvalue weighted by Gasteiger charge is -2.47. The van der Waals surface area contributed by atoms with Crippen LogP contribution in [0.15, 0.2) is 72.8 Å². The third-order valence-corrected chi connectivity index (χ3v) is 6.40. The lowest BCUT2D eigenvalue weighted by Crippen LogP contribution is -2.57. The lowest BCUT2D eigenvalue weighted by atomic mass is 9.92.